The fourth-order valence-corrected chi connectivity index (χ4v) is 4.14. The first-order chi connectivity index (χ1) is 12.0. The van der Waals surface area contributed by atoms with Gasteiger partial charge in [-0.2, -0.15) is 5.10 Å². The van der Waals surface area contributed by atoms with Gasteiger partial charge in [-0.25, -0.2) is 4.39 Å². The van der Waals surface area contributed by atoms with E-state index in [1.165, 1.54) is 6.07 Å². The molecule has 6 heteroatoms. The van der Waals surface area contributed by atoms with Crippen LogP contribution in [0.2, 0.25) is 0 Å². The second-order valence-corrected chi connectivity index (χ2v) is 7.34. The van der Waals surface area contributed by atoms with Crippen LogP contribution in [0.1, 0.15) is 41.9 Å². The number of aromatic nitrogens is 2. The maximum absolute atomic E-state index is 13.8. The number of hydrogen-bond acceptors (Lipinski definition) is 3. The largest absolute Gasteiger partial charge is 0.331 e. The van der Waals surface area contributed by atoms with Gasteiger partial charge in [-0.1, -0.05) is 12.1 Å². The zero-order chi connectivity index (χ0) is 17.6. The summed E-state index contributed by atoms with van der Waals surface area (Å²) in [5, 5.41) is 7.70. The zero-order valence-electron chi connectivity index (χ0n) is 14.5. The van der Waals surface area contributed by atoms with Gasteiger partial charge < -0.3 is 10.2 Å². The first-order valence-corrected chi connectivity index (χ1v) is 8.86. The Hall–Kier alpha value is -2.21. The molecule has 0 radical (unpaired) electrons. The first kappa shape index (κ1) is 16.3. The molecule has 3 atom stereocenters. The first-order valence-electron chi connectivity index (χ1n) is 8.86. The third kappa shape index (κ3) is 2.84. The Labute approximate surface area is 146 Å². The van der Waals surface area contributed by atoms with Crippen LogP contribution in [0.15, 0.2) is 36.7 Å². The molecular formula is C19H23FN4O. The van der Waals surface area contributed by atoms with E-state index in [1.807, 2.05) is 31.0 Å². The Balaban J connectivity index is 1.67. The molecule has 2 aromatic rings. The highest BCUT2D eigenvalue weighted by Gasteiger charge is 2.47. The monoisotopic (exact) mass is 342 g/mol. The molecular weight excluding hydrogens is 319 g/mol. The molecule has 0 aliphatic carbocycles. The van der Waals surface area contributed by atoms with Crippen LogP contribution < -0.4 is 5.32 Å². The van der Waals surface area contributed by atoms with Crippen molar-refractivity contribution in [3.8, 4) is 0 Å². The van der Waals surface area contributed by atoms with E-state index in [1.54, 1.807) is 23.0 Å². The lowest BCUT2D eigenvalue weighted by atomic mass is 9.89. The highest BCUT2D eigenvalue weighted by atomic mass is 19.1. The van der Waals surface area contributed by atoms with E-state index in [0.717, 1.165) is 18.7 Å². The molecule has 0 saturated carbocycles. The van der Waals surface area contributed by atoms with Gasteiger partial charge in [0.15, 0.2) is 0 Å². The molecule has 1 aromatic carbocycles. The van der Waals surface area contributed by atoms with Gasteiger partial charge in [-0.15, -0.1) is 0 Å². The molecule has 132 valence electrons. The fourth-order valence-electron chi connectivity index (χ4n) is 4.14. The van der Waals surface area contributed by atoms with Crippen LogP contribution in [0.4, 0.5) is 4.39 Å². The van der Waals surface area contributed by atoms with Gasteiger partial charge in [0.25, 0.3) is 5.91 Å². The molecule has 4 rings (SSSR count). The van der Waals surface area contributed by atoms with Crippen molar-refractivity contribution in [1.82, 2.24) is 20.0 Å². The van der Waals surface area contributed by atoms with Crippen LogP contribution >= 0.6 is 0 Å². The smallest absolute Gasteiger partial charge is 0.257 e. The van der Waals surface area contributed by atoms with E-state index in [-0.39, 0.29) is 23.8 Å². The summed E-state index contributed by atoms with van der Waals surface area (Å²) in [5.74, 6) is 0.464. The van der Waals surface area contributed by atoms with Crippen LogP contribution in [-0.4, -0.2) is 40.2 Å². The van der Waals surface area contributed by atoms with Crippen molar-refractivity contribution in [2.24, 2.45) is 11.8 Å². The number of amides is 1. The highest BCUT2D eigenvalue weighted by molar-refractivity contribution is 5.94. The average molecular weight is 342 g/mol. The topological polar surface area (TPSA) is 50.2 Å². The molecule has 5 nitrogen and oxygen atoms in total. The Kier molecular flexibility index (Phi) is 4.07. The Morgan fingerprint density at radius 1 is 1.36 bits per heavy atom. The number of carbonyl (C=O) groups is 1. The van der Waals surface area contributed by atoms with Gasteiger partial charge in [0.1, 0.15) is 5.82 Å². The van der Waals surface area contributed by atoms with E-state index in [9.17, 15) is 9.18 Å². The lowest BCUT2D eigenvalue weighted by Gasteiger charge is -2.28. The molecule has 25 heavy (non-hydrogen) atoms. The number of halogens is 1. The van der Waals surface area contributed by atoms with Crippen molar-refractivity contribution in [1.29, 1.82) is 0 Å². The number of fused-ring (bicyclic) bond motifs is 1. The highest BCUT2D eigenvalue weighted by Crippen LogP contribution is 2.43. The summed E-state index contributed by atoms with van der Waals surface area (Å²) in [6.45, 7) is 6.53. The summed E-state index contributed by atoms with van der Waals surface area (Å²) in [6, 6.07) is 6.77. The zero-order valence-corrected chi connectivity index (χ0v) is 14.5. The molecule has 0 unspecified atom stereocenters. The van der Waals surface area contributed by atoms with Crippen LogP contribution in [-0.2, 0) is 0 Å². The van der Waals surface area contributed by atoms with Gasteiger partial charge in [-0.3, -0.25) is 9.48 Å². The molecule has 0 spiro atoms. The molecule has 1 N–H and O–H groups in total. The number of likely N-dealkylation sites (tertiary alicyclic amines) is 1. The van der Waals surface area contributed by atoms with Crippen LogP contribution in [0.3, 0.4) is 0 Å². The maximum atomic E-state index is 13.8. The van der Waals surface area contributed by atoms with Crippen molar-refractivity contribution >= 4 is 5.91 Å². The Bertz CT molecular complexity index is 787. The van der Waals surface area contributed by atoms with E-state index >= 15 is 0 Å². The minimum atomic E-state index is -0.257. The van der Waals surface area contributed by atoms with Crippen molar-refractivity contribution < 1.29 is 9.18 Å². The fraction of sp³-hybridized carbons (Fsp3) is 0.474. The molecule has 1 aromatic heterocycles. The average Bonchev–Trinajstić information content (AvgIpc) is 3.29. The standard InChI is InChI=1S/C19H23FN4O/c1-12(2)24-11-15(8-22-24)19(25)23-10-14-7-21-9-17(14)18(23)13-4-3-5-16(20)6-13/h3-6,8,11-12,14,17-18,21H,7,9-10H2,1-2H3/t14-,17-,18+/m0/s1. The molecule has 2 saturated heterocycles. The number of nitrogens with one attached hydrogen (secondary N) is 1. The number of benzene rings is 1. The van der Waals surface area contributed by atoms with Gasteiger partial charge >= 0.3 is 0 Å². The van der Waals surface area contributed by atoms with Crippen LogP contribution in [0.25, 0.3) is 0 Å². The molecule has 1 amide bonds. The second kappa shape index (κ2) is 6.26. The summed E-state index contributed by atoms with van der Waals surface area (Å²) >= 11 is 0. The molecule has 2 fully saturated rings. The van der Waals surface area contributed by atoms with E-state index in [2.05, 4.69) is 10.4 Å². The van der Waals surface area contributed by atoms with E-state index in [4.69, 9.17) is 0 Å². The van der Waals surface area contributed by atoms with Crippen LogP contribution in [0.5, 0.6) is 0 Å². The lowest BCUT2D eigenvalue weighted by Crippen LogP contribution is -2.34. The third-order valence-corrected chi connectivity index (χ3v) is 5.39. The number of carbonyl (C=O) groups excluding carboxylic acids is 1. The maximum Gasteiger partial charge on any atom is 0.257 e. The van der Waals surface area contributed by atoms with Gasteiger partial charge in [-0.05, 0) is 37.5 Å². The van der Waals surface area contributed by atoms with E-state index < -0.39 is 0 Å². The summed E-state index contributed by atoms with van der Waals surface area (Å²) in [7, 11) is 0. The minimum absolute atomic E-state index is 0.0180. The normalized spacial score (nSPS) is 25.6. The molecule has 3 heterocycles. The van der Waals surface area contributed by atoms with Crippen molar-refractivity contribution in [3.63, 3.8) is 0 Å². The molecule has 2 aliphatic heterocycles. The quantitative estimate of drug-likeness (QED) is 0.933. The van der Waals surface area contributed by atoms with Crippen LogP contribution in [0, 0.1) is 17.7 Å². The second-order valence-electron chi connectivity index (χ2n) is 7.34. The molecule has 0 bridgehead atoms. The molecule has 2 aliphatic rings. The third-order valence-electron chi connectivity index (χ3n) is 5.39. The minimum Gasteiger partial charge on any atom is -0.331 e. The summed E-state index contributed by atoms with van der Waals surface area (Å²) in [6.07, 6.45) is 3.44. The van der Waals surface area contributed by atoms with Crippen molar-refractivity contribution in [3.05, 3.63) is 53.6 Å². The van der Waals surface area contributed by atoms with Crippen molar-refractivity contribution in [2.75, 3.05) is 19.6 Å². The number of rotatable bonds is 3. The van der Waals surface area contributed by atoms with E-state index in [0.29, 0.717) is 23.9 Å². The number of hydrogen-bond donors (Lipinski definition) is 1. The predicted molar refractivity (Wildman–Crippen MR) is 92.6 cm³/mol. The van der Waals surface area contributed by atoms with Gasteiger partial charge in [0.2, 0.25) is 0 Å². The predicted octanol–water partition coefficient (Wildman–Crippen LogP) is 2.64. The Morgan fingerprint density at radius 3 is 2.92 bits per heavy atom. The Morgan fingerprint density at radius 2 is 2.20 bits per heavy atom. The SMILES string of the molecule is CC(C)n1cc(C(=O)N2C[C@@H]3CNC[C@@H]3[C@H]2c2cccc(F)c2)cn1. The summed E-state index contributed by atoms with van der Waals surface area (Å²) < 4.78 is 15.6. The summed E-state index contributed by atoms with van der Waals surface area (Å²) in [4.78, 5) is 15.1. The van der Waals surface area contributed by atoms with Crippen molar-refractivity contribution in [2.45, 2.75) is 25.9 Å². The number of nitrogens with zero attached hydrogens (tertiary/aromatic N) is 3. The van der Waals surface area contributed by atoms with Gasteiger partial charge in [0, 0.05) is 37.8 Å². The summed E-state index contributed by atoms with van der Waals surface area (Å²) in [5.41, 5.74) is 1.48. The van der Waals surface area contributed by atoms with Gasteiger partial charge in [0.05, 0.1) is 17.8 Å². The lowest BCUT2D eigenvalue weighted by molar-refractivity contribution is 0.0713.